The lowest BCUT2D eigenvalue weighted by Crippen LogP contribution is -2.24. The van der Waals surface area contributed by atoms with Crippen LogP contribution >= 0.6 is 27.5 Å². The van der Waals surface area contributed by atoms with Gasteiger partial charge in [0.25, 0.3) is 0 Å². The molecular weight excluding hydrogens is 271 g/mol. The van der Waals surface area contributed by atoms with Crippen LogP contribution in [0.25, 0.3) is 0 Å². The van der Waals surface area contributed by atoms with Gasteiger partial charge in [-0.2, -0.15) is 0 Å². The molecule has 2 heterocycles. The molecule has 0 bridgehead atoms. The molecule has 1 N–H and O–H groups in total. The highest BCUT2D eigenvalue weighted by Crippen LogP contribution is 2.33. The molecule has 0 aromatic carbocycles. The molecule has 0 aliphatic carbocycles. The fraction of sp³-hybridized carbons (Fsp3) is 0.500. The molecule has 1 aliphatic heterocycles. The van der Waals surface area contributed by atoms with Gasteiger partial charge >= 0.3 is 5.97 Å². The number of aromatic nitrogens is 2. The number of hydrogen-bond donors (Lipinski definition) is 1. The average Bonchev–Trinajstić information content (AvgIpc) is 2.43. The molecule has 1 unspecified atom stereocenters. The molecule has 1 aliphatic rings. The maximum Gasteiger partial charge on any atom is 0.326 e. The molecule has 1 aromatic heterocycles. The molecule has 0 spiro atoms. The van der Waals surface area contributed by atoms with Gasteiger partial charge in [0.15, 0.2) is 0 Å². The second-order valence-electron chi connectivity index (χ2n) is 3.23. The summed E-state index contributed by atoms with van der Waals surface area (Å²) in [7, 11) is 0. The van der Waals surface area contributed by atoms with E-state index in [9.17, 15) is 4.79 Å². The molecule has 2 rings (SSSR count). The lowest BCUT2D eigenvalue weighted by atomic mass is 10.0. The number of fused-ring (bicyclic) bond motifs is 1. The molecule has 0 saturated heterocycles. The number of carboxylic acids is 1. The quantitative estimate of drug-likeness (QED) is 0.858. The van der Waals surface area contributed by atoms with Crippen LogP contribution in [0.1, 0.15) is 24.6 Å². The molecular formula is C8H8BrClN2O2. The number of halogens is 2. The monoisotopic (exact) mass is 278 g/mol. The summed E-state index contributed by atoms with van der Waals surface area (Å²) < 4.78 is 2.26. The Balaban J connectivity index is 2.53. The Hall–Kier alpha value is -0.550. The maximum absolute atomic E-state index is 11.0. The van der Waals surface area contributed by atoms with Crippen molar-refractivity contribution >= 4 is 33.5 Å². The minimum absolute atomic E-state index is 0.249. The summed E-state index contributed by atoms with van der Waals surface area (Å²) in [6.45, 7) is 0. The Bertz CT molecular complexity index is 391. The molecule has 76 valence electrons. The first-order chi connectivity index (χ1) is 6.61. The molecule has 0 radical (unpaired) electrons. The Morgan fingerprint density at radius 1 is 1.71 bits per heavy atom. The van der Waals surface area contributed by atoms with Gasteiger partial charge in [0.1, 0.15) is 10.6 Å². The van der Waals surface area contributed by atoms with E-state index in [0.717, 1.165) is 18.5 Å². The van der Waals surface area contributed by atoms with Crippen molar-refractivity contribution in [2.75, 3.05) is 0 Å². The first-order valence-electron chi connectivity index (χ1n) is 4.26. The number of carboxylic acid groups (broad SMARTS) is 1. The summed E-state index contributed by atoms with van der Waals surface area (Å²) in [5, 5.41) is 9.25. The number of hydrogen-bond acceptors (Lipinski definition) is 2. The highest BCUT2D eigenvalue weighted by molar-refractivity contribution is 9.10. The summed E-state index contributed by atoms with van der Waals surface area (Å²) in [5.74, 6) is -0.849. The number of rotatable bonds is 1. The van der Waals surface area contributed by atoms with Crippen LogP contribution in [0.2, 0.25) is 5.28 Å². The zero-order valence-electron chi connectivity index (χ0n) is 7.20. The van der Waals surface area contributed by atoms with E-state index in [-0.39, 0.29) is 5.28 Å². The van der Waals surface area contributed by atoms with E-state index in [1.807, 2.05) is 0 Å². The number of nitrogens with zero attached hydrogens (tertiary/aromatic N) is 2. The van der Waals surface area contributed by atoms with Crippen molar-refractivity contribution in [1.29, 1.82) is 0 Å². The standard InChI is InChI=1S/C8H8BrClN2O2/c9-6-4-2-1-3-5(7(13)14)12(4)8(10)11-6/h5H,1-3H2,(H,13,14). The van der Waals surface area contributed by atoms with Crippen LogP contribution in [-0.4, -0.2) is 20.6 Å². The Morgan fingerprint density at radius 2 is 2.43 bits per heavy atom. The summed E-state index contributed by atoms with van der Waals surface area (Å²) in [6.07, 6.45) is 2.30. The molecule has 0 saturated carbocycles. The lowest BCUT2D eigenvalue weighted by Gasteiger charge is -2.22. The van der Waals surface area contributed by atoms with Crippen LogP contribution in [0, 0.1) is 0 Å². The number of aliphatic carboxylic acids is 1. The van der Waals surface area contributed by atoms with Gasteiger partial charge in [0, 0.05) is 0 Å². The fourth-order valence-electron chi connectivity index (χ4n) is 1.78. The van der Waals surface area contributed by atoms with Crippen molar-refractivity contribution in [1.82, 2.24) is 9.55 Å². The molecule has 6 heteroatoms. The topological polar surface area (TPSA) is 55.1 Å². The van der Waals surface area contributed by atoms with Crippen molar-refractivity contribution in [3.8, 4) is 0 Å². The van der Waals surface area contributed by atoms with E-state index in [4.69, 9.17) is 16.7 Å². The van der Waals surface area contributed by atoms with Gasteiger partial charge in [-0.3, -0.25) is 0 Å². The van der Waals surface area contributed by atoms with E-state index >= 15 is 0 Å². The second kappa shape index (κ2) is 3.55. The van der Waals surface area contributed by atoms with Gasteiger partial charge in [0.05, 0.1) is 5.69 Å². The number of imidazole rings is 1. The summed E-state index contributed by atoms with van der Waals surface area (Å²) in [6, 6.07) is -0.565. The fourth-order valence-corrected chi connectivity index (χ4v) is 2.74. The van der Waals surface area contributed by atoms with Gasteiger partial charge in [0.2, 0.25) is 5.28 Å². The smallest absolute Gasteiger partial charge is 0.326 e. The SMILES string of the molecule is O=C(O)C1CCCc2c(Br)nc(Cl)n21. The summed E-state index contributed by atoms with van der Waals surface area (Å²) >= 11 is 9.13. The molecule has 14 heavy (non-hydrogen) atoms. The van der Waals surface area contributed by atoms with Crippen molar-refractivity contribution in [3.63, 3.8) is 0 Å². The zero-order chi connectivity index (χ0) is 10.3. The van der Waals surface area contributed by atoms with Crippen LogP contribution in [-0.2, 0) is 11.2 Å². The van der Waals surface area contributed by atoms with E-state index < -0.39 is 12.0 Å². The van der Waals surface area contributed by atoms with Gasteiger partial charge in [-0.1, -0.05) is 0 Å². The van der Waals surface area contributed by atoms with E-state index in [0.29, 0.717) is 11.0 Å². The molecule has 1 atom stereocenters. The molecule has 0 amide bonds. The first-order valence-corrected chi connectivity index (χ1v) is 5.43. The third-order valence-electron chi connectivity index (χ3n) is 2.41. The minimum atomic E-state index is -0.849. The van der Waals surface area contributed by atoms with Gasteiger partial charge in [-0.25, -0.2) is 9.78 Å². The number of carbonyl (C=O) groups is 1. The van der Waals surface area contributed by atoms with Crippen LogP contribution in [0.4, 0.5) is 0 Å². The summed E-state index contributed by atoms with van der Waals surface area (Å²) in [5.41, 5.74) is 0.883. The largest absolute Gasteiger partial charge is 0.480 e. The molecule has 4 nitrogen and oxygen atoms in total. The van der Waals surface area contributed by atoms with Crippen LogP contribution in [0.15, 0.2) is 4.60 Å². The van der Waals surface area contributed by atoms with Gasteiger partial charge in [-0.05, 0) is 46.8 Å². The third-order valence-corrected chi connectivity index (χ3v) is 3.31. The van der Waals surface area contributed by atoms with E-state index in [1.54, 1.807) is 4.57 Å². The van der Waals surface area contributed by atoms with Crippen molar-refractivity contribution in [2.45, 2.75) is 25.3 Å². The summed E-state index contributed by atoms with van der Waals surface area (Å²) in [4.78, 5) is 15.0. The van der Waals surface area contributed by atoms with Gasteiger partial charge < -0.3 is 9.67 Å². The Morgan fingerprint density at radius 3 is 3.07 bits per heavy atom. The van der Waals surface area contributed by atoms with E-state index in [2.05, 4.69) is 20.9 Å². The van der Waals surface area contributed by atoms with Crippen molar-refractivity contribution in [2.24, 2.45) is 0 Å². The zero-order valence-corrected chi connectivity index (χ0v) is 9.55. The third kappa shape index (κ3) is 1.44. The van der Waals surface area contributed by atoms with Crippen LogP contribution in [0.5, 0.6) is 0 Å². The lowest BCUT2D eigenvalue weighted by molar-refractivity contribution is -0.141. The molecule has 1 aromatic rings. The van der Waals surface area contributed by atoms with Gasteiger partial charge in [-0.15, -0.1) is 0 Å². The normalized spacial score (nSPS) is 20.6. The average molecular weight is 280 g/mol. The Labute approximate surface area is 94.0 Å². The second-order valence-corrected chi connectivity index (χ2v) is 4.32. The van der Waals surface area contributed by atoms with E-state index in [1.165, 1.54) is 0 Å². The van der Waals surface area contributed by atoms with Crippen LogP contribution < -0.4 is 0 Å². The maximum atomic E-state index is 11.0. The highest BCUT2D eigenvalue weighted by Gasteiger charge is 2.29. The highest BCUT2D eigenvalue weighted by atomic mass is 79.9. The first kappa shape index (κ1) is 9.98. The van der Waals surface area contributed by atoms with Crippen molar-refractivity contribution < 1.29 is 9.90 Å². The van der Waals surface area contributed by atoms with Crippen molar-refractivity contribution in [3.05, 3.63) is 15.6 Å². The minimum Gasteiger partial charge on any atom is -0.480 e. The Kier molecular flexibility index (Phi) is 2.53. The van der Waals surface area contributed by atoms with Crippen LogP contribution in [0.3, 0.4) is 0 Å². The molecule has 0 fully saturated rings. The predicted octanol–water partition coefficient (Wildman–Crippen LogP) is 2.26. The predicted molar refractivity (Wildman–Crippen MR) is 54.5 cm³/mol.